The summed E-state index contributed by atoms with van der Waals surface area (Å²) < 4.78 is 11.6. The number of carboxylic acid groups (broad SMARTS) is 1. The first-order valence-electron chi connectivity index (χ1n) is 8.68. The molecule has 0 atom stereocenters. The molecule has 2 aromatic carbocycles. The molecule has 0 heterocycles. The second kappa shape index (κ2) is 6.83. The van der Waals surface area contributed by atoms with Crippen molar-refractivity contribution < 1.29 is 24.2 Å². The molecule has 5 nitrogen and oxygen atoms in total. The van der Waals surface area contributed by atoms with Gasteiger partial charge in [-0.25, -0.2) is 4.79 Å². The second-order valence-electron chi connectivity index (χ2n) is 6.78. The highest BCUT2D eigenvalue weighted by Gasteiger charge is 2.32. The van der Waals surface area contributed by atoms with Crippen LogP contribution in [-0.2, 0) is 11.2 Å². The van der Waals surface area contributed by atoms with E-state index in [2.05, 4.69) is 0 Å². The topological polar surface area (TPSA) is 72.8 Å². The molecule has 0 unspecified atom stereocenters. The van der Waals surface area contributed by atoms with Gasteiger partial charge in [0, 0.05) is 23.1 Å². The molecule has 0 aliphatic heterocycles. The number of fused-ring (bicyclic) bond motifs is 1. The maximum Gasteiger partial charge on any atom is 0.347 e. The minimum atomic E-state index is -1.43. The van der Waals surface area contributed by atoms with Gasteiger partial charge in [-0.3, -0.25) is 4.79 Å². The molecule has 136 valence electrons. The molecule has 2 aromatic rings. The molecule has 5 heteroatoms. The van der Waals surface area contributed by atoms with E-state index in [1.165, 1.54) is 13.8 Å². The van der Waals surface area contributed by atoms with Crippen LogP contribution in [-0.4, -0.2) is 29.1 Å². The number of rotatable bonds is 6. The predicted molar refractivity (Wildman–Crippen MR) is 98.0 cm³/mol. The van der Waals surface area contributed by atoms with Crippen LogP contribution in [0.4, 0.5) is 0 Å². The van der Waals surface area contributed by atoms with Crippen LogP contribution in [0.1, 0.15) is 43.1 Å². The highest BCUT2D eigenvalue weighted by Crippen LogP contribution is 2.41. The molecule has 0 saturated carbocycles. The molecule has 0 radical (unpaired) electrons. The fourth-order valence-electron chi connectivity index (χ4n) is 3.06. The van der Waals surface area contributed by atoms with Crippen molar-refractivity contribution in [3.8, 4) is 22.6 Å². The van der Waals surface area contributed by atoms with E-state index in [1.54, 1.807) is 6.07 Å². The molecule has 0 spiro atoms. The van der Waals surface area contributed by atoms with Gasteiger partial charge in [-0.15, -0.1) is 0 Å². The van der Waals surface area contributed by atoms with E-state index in [0.717, 1.165) is 16.7 Å². The van der Waals surface area contributed by atoms with Crippen LogP contribution in [0.3, 0.4) is 0 Å². The number of carbonyl (C=O) groups excluding carboxylic acids is 1. The average Bonchev–Trinajstić information content (AvgIpc) is 2.95. The van der Waals surface area contributed by atoms with E-state index in [4.69, 9.17) is 9.47 Å². The van der Waals surface area contributed by atoms with Crippen molar-refractivity contribution in [2.75, 3.05) is 6.61 Å². The summed E-state index contributed by atoms with van der Waals surface area (Å²) in [6, 6.07) is 11.1. The number of ether oxygens (including phenoxy) is 2. The largest absolute Gasteiger partial charge is 0.493 e. The second-order valence-corrected chi connectivity index (χ2v) is 6.78. The minimum absolute atomic E-state index is 0.0580. The van der Waals surface area contributed by atoms with E-state index in [0.29, 0.717) is 36.5 Å². The van der Waals surface area contributed by atoms with Crippen molar-refractivity contribution >= 4 is 11.8 Å². The maximum atomic E-state index is 12.1. The molecule has 0 aromatic heterocycles. The lowest BCUT2D eigenvalue weighted by Crippen LogP contribution is -2.38. The lowest BCUT2D eigenvalue weighted by atomic mass is 9.97. The standard InChI is InChI=1S/C21H22O5/c1-4-25-18-8-6-5-7-14(18)16-11-13-9-10-17(22)15(13)12-19(16)26-21(2,3)20(23)24/h5-8,11-12H,4,9-10H2,1-3H3,(H,23,24). The van der Waals surface area contributed by atoms with Crippen LogP contribution in [0.15, 0.2) is 36.4 Å². The Kier molecular flexibility index (Phi) is 4.72. The molecular weight excluding hydrogens is 332 g/mol. The molecule has 1 N–H and O–H groups in total. The Balaban J connectivity index is 2.18. The lowest BCUT2D eigenvalue weighted by molar-refractivity contribution is -0.152. The number of aliphatic carboxylic acids is 1. The van der Waals surface area contributed by atoms with Crippen molar-refractivity contribution in [1.29, 1.82) is 0 Å². The fourth-order valence-corrected chi connectivity index (χ4v) is 3.06. The van der Waals surface area contributed by atoms with Gasteiger partial charge in [-0.2, -0.15) is 0 Å². The van der Waals surface area contributed by atoms with Gasteiger partial charge in [0.1, 0.15) is 11.5 Å². The summed E-state index contributed by atoms with van der Waals surface area (Å²) in [5.74, 6) is 0.0480. The monoisotopic (exact) mass is 354 g/mol. The molecule has 0 bridgehead atoms. The van der Waals surface area contributed by atoms with Crippen molar-refractivity contribution in [2.45, 2.75) is 39.2 Å². The van der Waals surface area contributed by atoms with Gasteiger partial charge in [0.15, 0.2) is 11.4 Å². The van der Waals surface area contributed by atoms with Gasteiger partial charge in [0.05, 0.1) is 6.61 Å². The fraction of sp³-hybridized carbons (Fsp3) is 0.333. The van der Waals surface area contributed by atoms with Crippen LogP contribution in [0.2, 0.25) is 0 Å². The summed E-state index contributed by atoms with van der Waals surface area (Å²) in [5, 5.41) is 9.43. The molecule has 0 fully saturated rings. The van der Waals surface area contributed by atoms with Gasteiger partial charge < -0.3 is 14.6 Å². The maximum absolute atomic E-state index is 12.1. The first kappa shape index (κ1) is 18.0. The summed E-state index contributed by atoms with van der Waals surface area (Å²) in [4.78, 5) is 23.7. The number of aryl methyl sites for hydroxylation is 1. The third-order valence-electron chi connectivity index (χ3n) is 4.48. The molecule has 1 aliphatic rings. The van der Waals surface area contributed by atoms with E-state index in [1.807, 2.05) is 37.3 Å². The number of benzene rings is 2. The molecule has 0 saturated heterocycles. The summed E-state index contributed by atoms with van der Waals surface area (Å²) in [6.07, 6.45) is 1.15. The Morgan fingerprint density at radius 3 is 2.50 bits per heavy atom. The summed E-state index contributed by atoms with van der Waals surface area (Å²) >= 11 is 0. The number of carboxylic acids is 1. The van der Waals surface area contributed by atoms with Crippen molar-refractivity contribution in [2.24, 2.45) is 0 Å². The number of carbonyl (C=O) groups is 2. The van der Waals surface area contributed by atoms with Crippen LogP contribution in [0.25, 0.3) is 11.1 Å². The number of hydrogen-bond acceptors (Lipinski definition) is 4. The van der Waals surface area contributed by atoms with Crippen molar-refractivity contribution in [1.82, 2.24) is 0 Å². The van der Waals surface area contributed by atoms with Gasteiger partial charge in [-0.1, -0.05) is 18.2 Å². The van der Waals surface area contributed by atoms with Gasteiger partial charge in [0.25, 0.3) is 0 Å². The minimum Gasteiger partial charge on any atom is -0.493 e. The molecule has 3 rings (SSSR count). The number of Topliss-reactive ketones (excluding diaryl/α,β-unsaturated/α-hetero) is 1. The number of ketones is 1. The van der Waals surface area contributed by atoms with Crippen LogP contribution < -0.4 is 9.47 Å². The highest BCUT2D eigenvalue weighted by molar-refractivity contribution is 6.02. The Hall–Kier alpha value is -2.82. The van der Waals surface area contributed by atoms with Gasteiger partial charge in [0.2, 0.25) is 0 Å². The Morgan fingerprint density at radius 1 is 1.08 bits per heavy atom. The summed E-state index contributed by atoms with van der Waals surface area (Å²) in [6.45, 7) is 5.39. The average molecular weight is 354 g/mol. The zero-order valence-electron chi connectivity index (χ0n) is 15.2. The molecular formula is C21H22O5. The SMILES string of the molecule is CCOc1ccccc1-c1cc2c(cc1OC(C)(C)C(=O)O)C(=O)CC2. The highest BCUT2D eigenvalue weighted by atomic mass is 16.5. The third-order valence-corrected chi connectivity index (χ3v) is 4.48. The first-order valence-corrected chi connectivity index (χ1v) is 8.68. The molecule has 26 heavy (non-hydrogen) atoms. The van der Waals surface area contributed by atoms with Gasteiger partial charge >= 0.3 is 5.97 Å². The first-order chi connectivity index (χ1) is 12.3. The number of hydrogen-bond donors (Lipinski definition) is 1. The molecule has 0 amide bonds. The summed E-state index contributed by atoms with van der Waals surface area (Å²) in [5.41, 5.74) is 1.69. The van der Waals surface area contributed by atoms with Crippen LogP contribution in [0.5, 0.6) is 11.5 Å². The van der Waals surface area contributed by atoms with Crippen LogP contribution >= 0.6 is 0 Å². The Labute approximate surface area is 152 Å². The van der Waals surface area contributed by atoms with E-state index < -0.39 is 11.6 Å². The Bertz CT molecular complexity index is 867. The normalized spacial score (nSPS) is 13.4. The zero-order valence-corrected chi connectivity index (χ0v) is 15.2. The van der Waals surface area contributed by atoms with Crippen molar-refractivity contribution in [3.63, 3.8) is 0 Å². The zero-order chi connectivity index (χ0) is 18.9. The Morgan fingerprint density at radius 2 is 1.81 bits per heavy atom. The van der Waals surface area contributed by atoms with E-state index >= 15 is 0 Å². The smallest absolute Gasteiger partial charge is 0.347 e. The lowest BCUT2D eigenvalue weighted by Gasteiger charge is -2.24. The summed E-state index contributed by atoms with van der Waals surface area (Å²) in [7, 11) is 0. The third kappa shape index (κ3) is 3.29. The number of para-hydroxylation sites is 1. The molecule has 1 aliphatic carbocycles. The van der Waals surface area contributed by atoms with Gasteiger partial charge in [-0.05, 0) is 51.0 Å². The van der Waals surface area contributed by atoms with E-state index in [9.17, 15) is 14.7 Å². The van der Waals surface area contributed by atoms with Crippen molar-refractivity contribution in [3.05, 3.63) is 47.5 Å². The van der Waals surface area contributed by atoms with E-state index in [-0.39, 0.29) is 5.78 Å². The predicted octanol–water partition coefficient (Wildman–Crippen LogP) is 4.12. The quantitative estimate of drug-likeness (QED) is 0.845. The van der Waals surface area contributed by atoms with Crippen LogP contribution in [0, 0.1) is 0 Å².